The summed E-state index contributed by atoms with van der Waals surface area (Å²) in [7, 11) is -2.68. The van der Waals surface area contributed by atoms with Crippen molar-refractivity contribution in [3.05, 3.63) is 96.6 Å². The molecule has 1 amide bonds. The standard InChI is InChI=1S/C35H25ClF10N8O4S2/c1-52-26-22(4-3-20(36)25(26)29(50-52)51-60(2,57)58)54-30(48-31-18(32(54)56)9-16(59-31)11-33(39,40)41)21(7-13-5-14(37)8-15(38)6-13)47-23(55)12-53-28-24(27(49-53)35(44,45)46)17-10-19(17)34(28,42)43/h3-6,8-9,17,19,21H,7,10-12H2,1-2H3,(H,47,55)(H,50,51)/t17-,19+,21-/m0/s1. The van der Waals surface area contributed by atoms with E-state index in [-0.39, 0.29) is 59.2 Å². The molecule has 25 heteroatoms. The largest absolute Gasteiger partial charge is 0.435 e. The number of thiophene rings is 1. The van der Waals surface area contributed by atoms with E-state index in [9.17, 15) is 53.1 Å². The van der Waals surface area contributed by atoms with Crippen molar-refractivity contribution in [2.45, 2.75) is 56.0 Å². The van der Waals surface area contributed by atoms with Crippen molar-refractivity contribution in [2.75, 3.05) is 11.0 Å². The van der Waals surface area contributed by atoms with Gasteiger partial charge in [0, 0.05) is 35.9 Å². The smallest absolute Gasteiger partial charge is 0.344 e. The number of rotatable bonds is 10. The zero-order chi connectivity index (χ0) is 43.6. The molecule has 318 valence electrons. The van der Waals surface area contributed by atoms with Gasteiger partial charge in [0.1, 0.15) is 34.5 Å². The van der Waals surface area contributed by atoms with E-state index >= 15 is 8.78 Å². The third-order valence-corrected chi connectivity index (χ3v) is 11.9. The number of anilines is 1. The average molecular weight is 911 g/mol. The molecule has 3 atom stereocenters. The van der Waals surface area contributed by atoms with E-state index in [1.54, 1.807) is 0 Å². The van der Waals surface area contributed by atoms with Gasteiger partial charge in [-0.2, -0.15) is 45.3 Å². The molecule has 1 fully saturated rings. The second kappa shape index (κ2) is 13.9. The highest BCUT2D eigenvalue weighted by Gasteiger charge is 2.68. The number of fused-ring (bicyclic) bond motifs is 5. The molecule has 12 nitrogen and oxygen atoms in total. The molecule has 4 aromatic heterocycles. The highest BCUT2D eigenvalue weighted by molar-refractivity contribution is 7.92. The Hall–Kier alpha value is -5.23. The van der Waals surface area contributed by atoms with E-state index < -0.39 is 111 Å². The molecule has 60 heavy (non-hydrogen) atoms. The number of carbonyl (C=O) groups is 1. The minimum atomic E-state index is -5.17. The van der Waals surface area contributed by atoms with E-state index in [1.165, 1.54) is 19.2 Å². The maximum atomic E-state index is 15.4. The molecular formula is C35H25ClF10N8O4S2. The molecule has 2 N–H and O–H groups in total. The van der Waals surface area contributed by atoms with Crippen LogP contribution in [-0.2, 0) is 53.4 Å². The van der Waals surface area contributed by atoms with Crippen LogP contribution in [0.25, 0.3) is 26.8 Å². The Bertz CT molecular complexity index is 2940. The second-order valence-electron chi connectivity index (χ2n) is 14.4. The summed E-state index contributed by atoms with van der Waals surface area (Å²) >= 11 is 6.95. The van der Waals surface area contributed by atoms with Crippen molar-refractivity contribution in [1.29, 1.82) is 0 Å². The monoisotopic (exact) mass is 910 g/mol. The van der Waals surface area contributed by atoms with E-state index in [0.29, 0.717) is 17.4 Å². The number of aromatic nitrogens is 6. The maximum absolute atomic E-state index is 15.4. The first kappa shape index (κ1) is 41.5. The lowest BCUT2D eigenvalue weighted by molar-refractivity contribution is -0.142. The fourth-order valence-corrected chi connectivity index (χ4v) is 9.52. The summed E-state index contributed by atoms with van der Waals surface area (Å²) in [6.45, 7) is -1.25. The lowest BCUT2D eigenvalue weighted by Gasteiger charge is -2.23. The molecule has 6 aromatic rings. The van der Waals surface area contributed by atoms with Gasteiger partial charge < -0.3 is 5.32 Å². The second-order valence-corrected chi connectivity index (χ2v) is 17.7. The molecule has 0 saturated heterocycles. The number of amides is 1. The first-order valence-electron chi connectivity index (χ1n) is 17.4. The summed E-state index contributed by atoms with van der Waals surface area (Å²) in [5.74, 6) is -10.7. The Kier molecular flexibility index (Phi) is 9.62. The van der Waals surface area contributed by atoms with Gasteiger partial charge in [0.2, 0.25) is 15.9 Å². The van der Waals surface area contributed by atoms with Crippen LogP contribution in [0, 0.1) is 17.6 Å². The summed E-state index contributed by atoms with van der Waals surface area (Å²) < 4.78 is 172. The Labute approximate surface area is 338 Å². The molecule has 2 aliphatic carbocycles. The number of benzene rings is 2. The van der Waals surface area contributed by atoms with Crippen LogP contribution in [0.2, 0.25) is 5.02 Å². The lowest BCUT2D eigenvalue weighted by Crippen LogP contribution is -2.38. The highest BCUT2D eigenvalue weighted by atomic mass is 35.5. The van der Waals surface area contributed by atoms with Crippen LogP contribution in [0.3, 0.4) is 0 Å². The minimum absolute atomic E-state index is 0.0710. The van der Waals surface area contributed by atoms with E-state index in [0.717, 1.165) is 33.7 Å². The van der Waals surface area contributed by atoms with Crippen LogP contribution in [0.1, 0.15) is 51.6 Å². The van der Waals surface area contributed by atoms with Crippen molar-refractivity contribution in [3.8, 4) is 5.69 Å². The normalized spacial score (nSPS) is 17.9. The number of alkyl halides is 8. The molecule has 0 bridgehead atoms. The zero-order valence-corrected chi connectivity index (χ0v) is 32.7. The quantitative estimate of drug-likeness (QED) is 0.138. The zero-order valence-electron chi connectivity index (χ0n) is 30.3. The molecule has 0 unspecified atom stereocenters. The number of aryl methyl sites for hydroxylation is 1. The van der Waals surface area contributed by atoms with Crippen molar-refractivity contribution in [1.82, 2.24) is 34.4 Å². The summed E-state index contributed by atoms with van der Waals surface area (Å²) in [5.41, 5.74) is -4.98. The molecule has 0 radical (unpaired) electrons. The molecule has 8 rings (SSSR count). The van der Waals surface area contributed by atoms with Crippen LogP contribution >= 0.6 is 22.9 Å². The topological polar surface area (TPSA) is 146 Å². The third-order valence-electron chi connectivity index (χ3n) is 9.96. The average Bonchev–Trinajstić information content (AvgIpc) is 3.36. The van der Waals surface area contributed by atoms with Gasteiger partial charge in [0.25, 0.3) is 11.5 Å². The summed E-state index contributed by atoms with van der Waals surface area (Å²) in [6.07, 6.45) is -11.5. The van der Waals surface area contributed by atoms with Crippen LogP contribution in [0.5, 0.6) is 0 Å². The SMILES string of the molecule is Cn1nc(NS(C)(=O)=O)c2c(Cl)ccc(-n3c([C@H](Cc4cc(F)cc(F)c4)NC(=O)Cn4nc(C(F)(F)F)c5c4C(F)(F)[C@@H]4C[C@H]54)nc4sc(CC(F)(F)F)cc4c3=O)c21. The molecule has 0 spiro atoms. The Balaban J connectivity index is 1.33. The highest BCUT2D eigenvalue weighted by Crippen LogP contribution is 2.68. The molecule has 1 saturated carbocycles. The summed E-state index contributed by atoms with van der Waals surface area (Å²) in [5, 5.41) is 9.38. The van der Waals surface area contributed by atoms with Crippen molar-refractivity contribution in [3.63, 3.8) is 0 Å². The van der Waals surface area contributed by atoms with Crippen LogP contribution < -0.4 is 15.6 Å². The van der Waals surface area contributed by atoms with Crippen LogP contribution in [-0.4, -0.2) is 55.9 Å². The lowest BCUT2D eigenvalue weighted by atomic mass is 10.0. The fraction of sp³-hybridized carbons (Fsp3) is 0.343. The van der Waals surface area contributed by atoms with Gasteiger partial charge >= 0.3 is 12.4 Å². The molecule has 0 aliphatic heterocycles. The Morgan fingerprint density at radius 3 is 2.38 bits per heavy atom. The number of sulfonamides is 1. The van der Waals surface area contributed by atoms with Gasteiger partial charge in [-0.05, 0) is 48.2 Å². The van der Waals surface area contributed by atoms with Crippen LogP contribution in [0.4, 0.5) is 49.7 Å². The van der Waals surface area contributed by atoms with Gasteiger partial charge in [-0.15, -0.1) is 11.3 Å². The van der Waals surface area contributed by atoms with Gasteiger partial charge in [-0.25, -0.2) is 22.2 Å². The first-order chi connectivity index (χ1) is 27.8. The molecule has 2 aliphatic rings. The predicted octanol–water partition coefficient (Wildman–Crippen LogP) is 7.27. The number of halogens is 11. The van der Waals surface area contributed by atoms with Crippen molar-refractivity contribution in [2.24, 2.45) is 13.0 Å². The Morgan fingerprint density at radius 2 is 1.75 bits per heavy atom. The fourth-order valence-electron chi connectivity index (χ4n) is 7.72. The maximum Gasteiger partial charge on any atom is 0.435 e. The van der Waals surface area contributed by atoms with E-state index in [2.05, 4.69) is 25.2 Å². The number of hydrogen-bond donors (Lipinski definition) is 2. The number of hydrogen-bond acceptors (Lipinski definition) is 8. The molecular weight excluding hydrogens is 886 g/mol. The molecule has 2 aromatic carbocycles. The van der Waals surface area contributed by atoms with Gasteiger partial charge in [-0.1, -0.05) is 11.6 Å². The van der Waals surface area contributed by atoms with Gasteiger partial charge in [0.05, 0.1) is 45.7 Å². The van der Waals surface area contributed by atoms with Crippen molar-refractivity contribution >= 4 is 65.8 Å². The van der Waals surface area contributed by atoms with Crippen molar-refractivity contribution < 1.29 is 57.1 Å². The van der Waals surface area contributed by atoms with Crippen LogP contribution in [0.15, 0.2) is 41.2 Å². The first-order valence-corrected chi connectivity index (χ1v) is 20.4. The van der Waals surface area contributed by atoms with E-state index in [4.69, 9.17) is 11.6 Å². The number of nitrogens with zero attached hydrogens (tertiary/aromatic N) is 6. The van der Waals surface area contributed by atoms with Gasteiger partial charge in [0.15, 0.2) is 11.5 Å². The summed E-state index contributed by atoms with van der Waals surface area (Å²) in [6, 6.07) is 3.82. The molecule has 4 heterocycles. The van der Waals surface area contributed by atoms with Gasteiger partial charge in [-0.3, -0.25) is 28.2 Å². The minimum Gasteiger partial charge on any atom is -0.344 e. The number of carbonyl (C=O) groups excluding carboxylic acids is 1. The third kappa shape index (κ3) is 7.45. The summed E-state index contributed by atoms with van der Waals surface area (Å²) in [4.78, 5) is 32.3. The van der Waals surface area contributed by atoms with E-state index in [1.807, 2.05) is 0 Å². The Morgan fingerprint density at radius 1 is 1.07 bits per heavy atom. The predicted molar refractivity (Wildman–Crippen MR) is 196 cm³/mol. The number of nitrogens with one attached hydrogen (secondary N) is 2.